The molecule has 0 bridgehead atoms. The van der Waals surface area contributed by atoms with Crippen LogP contribution in [-0.2, 0) is 11.8 Å². The lowest BCUT2D eigenvalue weighted by Gasteiger charge is -2.17. The van der Waals surface area contributed by atoms with E-state index in [9.17, 15) is 9.79 Å². The molecule has 1 atom stereocenters. The maximum atomic E-state index is 9.25. The van der Waals surface area contributed by atoms with Crippen molar-refractivity contribution in [1.82, 2.24) is 0 Å². The largest absolute Gasteiger partial charge is 0.338 e. The average Bonchev–Trinajstić information content (AvgIpc) is 2.25. The molecule has 104 valence electrons. The zero-order valence-corrected chi connectivity index (χ0v) is 13.6. The molecule has 0 fully saturated rings. The first-order valence-electron chi connectivity index (χ1n) is 6.69. The highest BCUT2D eigenvalue weighted by molar-refractivity contribution is 8.67. The van der Waals surface area contributed by atoms with Crippen molar-refractivity contribution in [1.29, 1.82) is 0 Å². The molecule has 0 rings (SSSR count). The van der Waals surface area contributed by atoms with E-state index in [1.54, 1.807) is 0 Å². The van der Waals surface area contributed by atoms with Crippen LogP contribution >= 0.6 is 17.1 Å². The molecule has 0 saturated carbocycles. The molecule has 0 saturated heterocycles. The standard InChI is InChI=1S/C12H27O2PS2/c1-3-5-7-8-10-12(9-6-4-2)11-17-15(13,14)16/h12H,3-11H2,1-2H3,(H2,13,14,16). The summed E-state index contributed by atoms with van der Waals surface area (Å²) in [7, 11) is 0. The van der Waals surface area contributed by atoms with Gasteiger partial charge in [-0.3, -0.25) is 0 Å². The molecule has 0 aromatic heterocycles. The van der Waals surface area contributed by atoms with Crippen molar-refractivity contribution in [3.05, 3.63) is 0 Å². The normalized spacial score (nSPS) is 13.9. The van der Waals surface area contributed by atoms with E-state index in [1.165, 1.54) is 62.7 Å². The first kappa shape index (κ1) is 17.9. The second-order valence-corrected chi connectivity index (χ2v) is 10.7. The van der Waals surface area contributed by atoms with Crippen LogP contribution in [0.4, 0.5) is 0 Å². The predicted molar refractivity (Wildman–Crippen MR) is 83.0 cm³/mol. The summed E-state index contributed by atoms with van der Waals surface area (Å²) in [6.07, 6.45) is 10.0. The van der Waals surface area contributed by atoms with Crippen LogP contribution in [0.15, 0.2) is 0 Å². The van der Waals surface area contributed by atoms with Crippen molar-refractivity contribution in [2.75, 3.05) is 5.75 Å². The molecule has 5 heteroatoms. The van der Waals surface area contributed by atoms with Crippen molar-refractivity contribution < 1.29 is 9.79 Å². The van der Waals surface area contributed by atoms with Crippen molar-refractivity contribution >= 4 is 28.9 Å². The number of rotatable bonds is 11. The van der Waals surface area contributed by atoms with Crippen molar-refractivity contribution in [2.45, 2.75) is 65.2 Å². The minimum Gasteiger partial charge on any atom is -0.338 e. The van der Waals surface area contributed by atoms with Crippen LogP contribution in [0, 0.1) is 5.92 Å². The van der Waals surface area contributed by atoms with Gasteiger partial charge in [0.1, 0.15) is 0 Å². The molecule has 0 aliphatic rings. The molecule has 0 aromatic rings. The Morgan fingerprint density at radius 2 is 1.59 bits per heavy atom. The Labute approximate surface area is 116 Å². The third-order valence-electron chi connectivity index (χ3n) is 2.91. The summed E-state index contributed by atoms with van der Waals surface area (Å²) < 4.78 is 0. The quantitative estimate of drug-likeness (QED) is 0.428. The minimum absolute atomic E-state index is 0.610. The first-order chi connectivity index (χ1) is 7.99. The molecule has 2 nitrogen and oxygen atoms in total. The minimum atomic E-state index is -3.05. The second-order valence-electron chi connectivity index (χ2n) is 4.64. The van der Waals surface area contributed by atoms with E-state index >= 15 is 0 Å². The van der Waals surface area contributed by atoms with E-state index in [4.69, 9.17) is 0 Å². The van der Waals surface area contributed by atoms with Gasteiger partial charge in [-0.25, -0.2) is 0 Å². The van der Waals surface area contributed by atoms with Gasteiger partial charge in [0.05, 0.1) is 0 Å². The van der Waals surface area contributed by atoms with E-state index in [2.05, 4.69) is 25.7 Å². The van der Waals surface area contributed by atoms with Gasteiger partial charge in [-0.15, -0.1) is 0 Å². The van der Waals surface area contributed by atoms with Crippen LogP contribution in [0.25, 0.3) is 0 Å². The van der Waals surface area contributed by atoms with Crippen molar-refractivity contribution in [2.24, 2.45) is 5.92 Å². The maximum absolute atomic E-state index is 9.25. The lowest BCUT2D eigenvalue weighted by Crippen LogP contribution is -2.04. The Morgan fingerprint density at radius 1 is 1.00 bits per heavy atom. The molecule has 17 heavy (non-hydrogen) atoms. The summed E-state index contributed by atoms with van der Waals surface area (Å²) in [5.41, 5.74) is -3.05. The molecule has 0 aliphatic heterocycles. The summed E-state index contributed by atoms with van der Waals surface area (Å²) in [6, 6.07) is 0. The fourth-order valence-electron chi connectivity index (χ4n) is 1.87. The average molecular weight is 298 g/mol. The second kappa shape index (κ2) is 10.8. The predicted octanol–water partition coefficient (Wildman–Crippen LogP) is 4.71. The summed E-state index contributed by atoms with van der Waals surface area (Å²) in [4.78, 5) is 18.5. The van der Waals surface area contributed by atoms with Gasteiger partial charge in [-0.1, -0.05) is 63.8 Å². The smallest absolute Gasteiger partial charge is 0.242 e. The highest BCUT2D eigenvalue weighted by Crippen LogP contribution is 2.51. The third kappa shape index (κ3) is 13.2. The van der Waals surface area contributed by atoms with Crippen LogP contribution in [-0.4, -0.2) is 15.5 Å². The van der Waals surface area contributed by atoms with E-state index < -0.39 is 5.69 Å². The van der Waals surface area contributed by atoms with Crippen LogP contribution in [0.5, 0.6) is 0 Å². The summed E-state index contributed by atoms with van der Waals surface area (Å²) in [5.74, 6) is 1.43. The topological polar surface area (TPSA) is 40.5 Å². The lowest BCUT2D eigenvalue weighted by atomic mass is 9.97. The fraction of sp³-hybridized carbons (Fsp3) is 1.00. The van der Waals surface area contributed by atoms with Gasteiger partial charge >= 0.3 is 0 Å². The van der Waals surface area contributed by atoms with Gasteiger partial charge in [0.2, 0.25) is 5.69 Å². The number of hydrogen-bond donors (Lipinski definition) is 2. The zero-order valence-electron chi connectivity index (χ0n) is 11.1. The molecule has 0 spiro atoms. The zero-order chi connectivity index (χ0) is 13.1. The van der Waals surface area contributed by atoms with Gasteiger partial charge in [-0.2, -0.15) is 0 Å². The van der Waals surface area contributed by atoms with Crippen LogP contribution in [0.2, 0.25) is 0 Å². The Morgan fingerprint density at radius 3 is 2.12 bits per heavy atom. The van der Waals surface area contributed by atoms with Gasteiger partial charge < -0.3 is 9.79 Å². The first-order valence-corrected chi connectivity index (χ1v) is 11.0. The molecule has 0 heterocycles. The van der Waals surface area contributed by atoms with Crippen LogP contribution < -0.4 is 0 Å². The summed E-state index contributed by atoms with van der Waals surface area (Å²) in [6.45, 7) is 4.42. The molecule has 0 aromatic carbocycles. The number of unbranched alkanes of at least 4 members (excludes halogenated alkanes) is 4. The highest BCUT2D eigenvalue weighted by Gasteiger charge is 2.14. The third-order valence-corrected chi connectivity index (χ3v) is 6.27. The fourth-order valence-corrected chi connectivity index (χ4v) is 4.37. The Balaban J connectivity index is 3.83. The summed E-state index contributed by atoms with van der Waals surface area (Å²) in [5, 5.41) is 0. The monoisotopic (exact) mass is 298 g/mol. The highest BCUT2D eigenvalue weighted by atomic mass is 32.9. The van der Waals surface area contributed by atoms with Crippen LogP contribution in [0.3, 0.4) is 0 Å². The van der Waals surface area contributed by atoms with Gasteiger partial charge in [0, 0.05) is 5.75 Å². The molecule has 0 radical (unpaired) electrons. The molecule has 2 N–H and O–H groups in total. The lowest BCUT2D eigenvalue weighted by molar-refractivity contribution is 0.450. The van der Waals surface area contributed by atoms with E-state index in [1.807, 2.05) is 0 Å². The Hall–Kier alpha value is 0.920. The van der Waals surface area contributed by atoms with Crippen molar-refractivity contribution in [3.8, 4) is 0 Å². The van der Waals surface area contributed by atoms with Crippen molar-refractivity contribution in [3.63, 3.8) is 0 Å². The molecule has 0 amide bonds. The number of hydrogen-bond acceptors (Lipinski definition) is 2. The van der Waals surface area contributed by atoms with Gasteiger partial charge in [0.25, 0.3) is 0 Å². The van der Waals surface area contributed by atoms with Gasteiger partial charge in [0.15, 0.2) is 0 Å². The Bertz CT molecular complexity index is 219. The molecular weight excluding hydrogens is 271 g/mol. The summed E-state index contributed by atoms with van der Waals surface area (Å²) >= 11 is 5.85. The molecular formula is C12H27O2PS2. The SMILES string of the molecule is CCCCCCC(CCCC)CSP(O)(O)=S. The van der Waals surface area contributed by atoms with Gasteiger partial charge in [-0.05, 0) is 30.6 Å². The molecule has 1 unspecified atom stereocenters. The maximum Gasteiger partial charge on any atom is 0.242 e. The van der Waals surface area contributed by atoms with Crippen LogP contribution in [0.1, 0.15) is 65.2 Å². The van der Waals surface area contributed by atoms with E-state index in [0.717, 1.165) is 5.75 Å². The van der Waals surface area contributed by atoms with E-state index in [-0.39, 0.29) is 0 Å². The Kier molecular flexibility index (Phi) is 11.4. The van der Waals surface area contributed by atoms with E-state index in [0.29, 0.717) is 5.92 Å². The molecule has 0 aliphatic carbocycles.